The number of hydrogen-bond acceptors (Lipinski definition) is 6. The lowest BCUT2D eigenvalue weighted by Gasteiger charge is -2.34. The third kappa shape index (κ3) is 7.08. The Morgan fingerprint density at radius 2 is 1.61 bits per heavy atom. The molecule has 1 fully saturated rings. The molecule has 0 bridgehead atoms. The van der Waals surface area contributed by atoms with Crippen molar-refractivity contribution >= 4 is 35.6 Å². The summed E-state index contributed by atoms with van der Waals surface area (Å²) in [5.41, 5.74) is 8.25. The lowest BCUT2D eigenvalue weighted by molar-refractivity contribution is 0.0976. The van der Waals surface area contributed by atoms with Gasteiger partial charge in [-0.2, -0.15) is 0 Å². The number of ether oxygens (including phenoxy) is 1. The number of halogens is 2. The summed E-state index contributed by atoms with van der Waals surface area (Å²) in [5.74, 6) is 0.882. The van der Waals surface area contributed by atoms with Crippen molar-refractivity contribution in [3.63, 3.8) is 0 Å². The summed E-state index contributed by atoms with van der Waals surface area (Å²) in [6, 6.07) is 25.4. The maximum absolute atomic E-state index is 6.16. The highest BCUT2D eigenvalue weighted by Crippen LogP contribution is 2.42. The SMILES string of the molecule is COCCN1CCN(CCc2ccc(Nc3ncc4c(n3)-c3ccccc3[C@H](c3ccc(Cl)cc3)C4)cc2)CC1.Cl. The van der Waals surface area contributed by atoms with E-state index in [1.807, 2.05) is 18.3 Å². The summed E-state index contributed by atoms with van der Waals surface area (Å²) < 4.78 is 5.21. The van der Waals surface area contributed by atoms with E-state index < -0.39 is 0 Å². The Balaban J connectivity index is 0.00000337. The van der Waals surface area contributed by atoms with Crippen LogP contribution in [0.5, 0.6) is 0 Å². The highest BCUT2D eigenvalue weighted by molar-refractivity contribution is 6.30. The lowest BCUT2D eigenvalue weighted by Crippen LogP contribution is -2.47. The van der Waals surface area contributed by atoms with E-state index >= 15 is 0 Å². The molecule has 1 atom stereocenters. The number of methoxy groups -OCH3 is 1. The first-order chi connectivity index (χ1) is 19.7. The van der Waals surface area contributed by atoms with Gasteiger partial charge in [0.2, 0.25) is 5.95 Å². The van der Waals surface area contributed by atoms with Crippen LogP contribution >= 0.6 is 24.0 Å². The minimum atomic E-state index is 0. The van der Waals surface area contributed by atoms with Crippen LogP contribution in [0.4, 0.5) is 11.6 Å². The lowest BCUT2D eigenvalue weighted by atomic mass is 9.78. The fraction of sp³-hybridized carbons (Fsp3) is 0.333. The summed E-state index contributed by atoms with van der Waals surface area (Å²) in [6.07, 6.45) is 3.90. The quantitative estimate of drug-likeness (QED) is 0.242. The summed E-state index contributed by atoms with van der Waals surface area (Å²) in [4.78, 5) is 14.7. The standard InChI is InChI=1S/C33H36ClN5O.ClH/c1-40-21-20-39-18-16-38(17-19-39)15-14-24-6-12-28(13-7-24)36-33-35-23-26-22-31(25-8-10-27(34)11-9-25)29-4-2-3-5-30(29)32(26)37-33;/h2-13,23,31H,14-22H2,1H3,(H,35,36,37);1H/t31-;/m0./s1. The van der Waals surface area contributed by atoms with Crippen molar-refractivity contribution in [3.05, 3.63) is 106 Å². The first-order valence-corrected chi connectivity index (χ1v) is 14.5. The van der Waals surface area contributed by atoms with Gasteiger partial charge in [0.05, 0.1) is 12.3 Å². The van der Waals surface area contributed by atoms with E-state index in [9.17, 15) is 0 Å². The van der Waals surface area contributed by atoms with Gasteiger partial charge < -0.3 is 15.0 Å². The van der Waals surface area contributed by atoms with Gasteiger partial charge in [-0.1, -0.05) is 60.1 Å². The van der Waals surface area contributed by atoms with Gasteiger partial charge >= 0.3 is 0 Å². The Morgan fingerprint density at radius 3 is 2.34 bits per heavy atom. The highest BCUT2D eigenvalue weighted by atomic mass is 35.5. The molecule has 1 aliphatic carbocycles. The predicted molar refractivity (Wildman–Crippen MR) is 170 cm³/mol. The molecule has 0 amide bonds. The van der Waals surface area contributed by atoms with Crippen molar-refractivity contribution < 1.29 is 4.74 Å². The zero-order valence-electron chi connectivity index (χ0n) is 23.4. The van der Waals surface area contributed by atoms with Gasteiger partial charge in [-0.05, 0) is 59.4 Å². The monoisotopic (exact) mass is 589 g/mol. The van der Waals surface area contributed by atoms with E-state index in [1.54, 1.807) is 7.11 Å². The van der Waals surface area contributed by atoms with Gasteiger partial charge in [0.15, 0.2) is 0 Å². The minimum absolute atomic E-state index is 0. The maximum atomic E-state index is 6.16. The number of benzene rings is 3. The van der Waals surface area contributed by atoms with Crippen molar-refractivity contribution in [1.29, 1.82) is 0 Å². The summed E-state index contributed by atoms with van der Waals surface area (Å²) in [5, 5.41) is 4.18. The number of hydrogen-bond donors (Lipinski definition) is 1. The second-order valence-electron chi connectivity index (χ2n) is 10.7. The molecule has 2 heterocycles. The molecule has 1 aromatic heterocycles. The van der Waals surface area contributed by atoms with Gasteiger partial charge in [-0.15, -0.1) is 12.4 Å². The van der Waals surface area contributed by atoms with Crippen LogP contribution in [-0.2, 0) is 17.6 Å². The molecule has 41 heavy (non-hydrogen) atoms. The second kappa shape index (κ2) is 13.8. The Morgan fingerprint density at radius 1 is 0.902 bits per heavy atom. The van der Waals surface area contributed by atoms with E-state index in [2.05, 4.69) is 80.8 Å². The zero-order valence-corrected chi connectivity index (χ0v) is 25.0. The molecule has 2 aliphatic rings. The molecule has 8 heteroatoms. The molecule has 1 N–H and O–H groups in total. The highest BCUT2D eigenvalue weighted by Gasteiger charge is 2.27. The fourth-order valence-corrected chi connectivity index (χ4v) is 5.94. The molecule has 1 saturated heterocycles. The number of nitrogens with one attached hydrogen (secondary N) is 1. The number of piperazine rings is 1. The fourth-order valence-electron chi connectivity index (χ4n) is 5.82. The van der Waals surface area contributed by atoms with Crippen LogP contribution in [0.2, 0.25) is 5.02 Å². The molecule has 3 aromatic carbocycles. The predicted octanol–water partition coefficient (Wildman–Crippen LogP) is 6.46. The molecule has 4 aromatic rings. The third-order valence-electron chi connectivity index (χ3n) is 8.16. The van der Waals surface area contributed by atoms with Gasteiger partial charge in [0.1, 0.15) is 0 Å². The van der Waals surface area contributed by atoms with Gasteiger partial charge in [0, 0.05) is 74.8 Å². The van der Waals surface area contributed by atoms with Crippen LogP contribution in [0.25, 0.3) is 11.3 Å². The third-order valence-corrected chi connectivity index (χ3v) is 8.41. The first kappa shape index (κ1) is 29.5. The van der Waals surface area contributed by atoms with Crippen molar-refractivity contribution in [2.75, 3.05) is 58.3 Å². The average molecular weight is 591 g/mol. The molecule has 0 spiro atoms. The van der Waals surface area contributed by atoms with E-state index in [1.165, 1.54) is 27.8 Å². The molecule has 6 rings (SSSR count). The molecular formula is C33H37Cl2N5O. The molecule has 0 radical (unpaired) electrons. The van der Waals surface area contributed by atoms with Crippen LogP contribution in [0.1, 0.15) is 28.2 Å². The summed E-state index contributed by atoms with van der Waals surface area (Å²) in [7, 11) is 1.77. The smallest absolute Gasteiger partial charge is 0.227 e. The number of nitrogens with zero attached hydrogens (tertiary/aromatic N) is 4. The summed E-state index contributed by atoms with van der Waals surface area (Å²) >= 11 is 6.16. The van der Waals surface area contributed by atoms with Crippen molar-refractivity contribution in [2.24, 2.45) is 0 Å². The Labute approximate surface area is 254 Å². The van der Waals surface area contributed by atoms with E-state index in [4.69, 9.17) is 21.3 Å². The van der Waals surface area contributed by atoms with E-state index in [0.29, 0.717) is 5.95 Å². The van der Waals surface area contributed by atoms with Crippen molar-refractivity contribution in [3.8, 4) is 11.3 Å². The average Bonchev–Trinajstić information content (AvgIpc) is 3.00. The molecular weight excluding hydrogens is 553 g/mol. The zero-order chi connectivity index (χ0) is 27.3. The van der Waals surface area contributed by atoms with Crippen LogP contribution in [-0.4, -0.2) is 72.8 Å². The van der Waals surface area contributed by atoms with Gasteiger partial charge in [0.25, 0.3) is 0 Å². The van der Waals surface area contributed by atoms with Gasteiger partial charge in [-0.25, -0.2) is 9.97 Å². The van der Waals surface area contributed by atoms with Crippen LogP contribution in [0.15, 0.2) is 79.0 Å². The topological polar surface area (TPSA) is 53.5 Å². The molecule has 0 saturated carbocycles. The van der Waals surface area contributed by atoms with Crippen LogP contribution < -0.4 is 5.32 Å². The number of rotatable bonds is 9. The maximum Gasteiger partial charge on any atom is 0.227 e. The van der Waals surface area contributed by atoms with E-state index in [0.717, 1.165) is 75.1 Å². The summed E-state index contributed by atoms with van der Waals surface area (Å²) in [6.45, 7) is 7.44. The second-order valence-corrected chi connectivity index (χ2v) is 11.1. The molecule has 214 valence electrons. The number of fused-ring (bicyclic) bond motifs is 3. The van der Waals surface area contributed by atoms with Crippen LogP contribution in [0.3, 0.4) is 0 Å². The van der Waals surface area contributed by atoms with E-state index in [-0.39, 0.29) is 18.3 Å². The first-order valence-electron chi connectivity index (χ1n) is 14.2. The van der Waals surface area contributed by atoms with Crippen LogP contribution in [0, 0.1) is 0 Å². The van der Waals surface area contributed by atoms with Crippen molar-refractivity contribution in [2.45, 2.75) is 18.8 Å². The Hall–Kier alpha value is -3.00. The molecule has 0 unspecified atom stereocenters. The Kier molecular flexibility index (Phi) is 9.91. The van der Waals surface area contributed by atoms with Crippen molar-refractivity contribution in [1.82, 2.24) is 19.8 Å². The largest absolute Gasteiger partial charge is 0.383 e. The molecule has 1 aliphatic heterocycles. The number of anilines is 2. The number of aromatic nitrogens is 2. The Bertz CT molecular complexity index is 1420. The van der Waals surface area contributed by atoms with Gasteiger partial charge in [-0.3, -0.25) is 4.90 Å². The normalized spacial score (nSPS) is 16.9. The minimum Gasteiger partial charge on any atom is -0.383 e. The molecule has 6 nitrogen and oxygen atoms in total.